The minimum absolute atomic E-state index is 0.517. The van der Waals surface area contributed by atoms with Gasteiger partial charge in [-0.15, -0.1) is 0 Å². The fourth-order valence-electron chi connectivity index (χ4n) is 4.44. The molecular weight excluding hydrogens is 244 g/mol. The molecule has 1 N–H and O–H groups in total. The quantitative estimate of drug-likeness (QED) is 0.907. The van der Waals surface area contributed by atoms with Gasteiger partial charge in [-0.2, -0.15) is 0 Å². The normalized spacial score (nSPS) is 29.4. The molecule has 0 aliphatic heterocycles. The molecule has 104 valence electrons. The van der Waals surface area contributed by atoms with E-state index in [4.69, 9.17) is 0 Å². The van der Waals surface area contributed by atoms with E-state index in [0.29, 0.717) is 6.04 Å². The SMILES string of the molecule is CCNC(c1cccc2ncccc12)C1C2CCCC21. The Labute approximate surface area is 120 Å². The third kappa shape index (κ3) is 1.86. The Morgan fingerprint density at radius 1 is 1.20 bits per heavy atom. The Morgan fingerprint density at radius 3 is 2.85 bits per heavy atom. The molecule has 1 aromatic heterocycles. The van der Waals surface area contributed by atoms with Gasteiger partial charge in [0.1, 0.15) is 0 Å². The van der Waals surface area contributed by atoms with Gasteiger partial charge in [0.15, 0.2) is 0 Å². The second-order valence-corrected chi connectivity index (χ2v) is 6.29. The van der Waals surface area contributed by atoms with Crippen LogP contribution in [0.4, 0.5) is 0 Å². The molecule has 0 bridgehead atoms. The molecule has 0 amide bonds. The van der Waals surface area contributed by atoms with Gasteiger partial charge < -0.3 is 5.32 Å². The number of pyridine rings is 1. The predicted molar refractivity (Wildman–Crippen MR) is 82.5 cm³/mol. The Morgan fingerprint density at radius 2 is 2.05 bits per heavy atom. The van der Waals surface area contributed by atoms with Crippen LogP contribution in [0, 0.1) is 17.8 Å². The predicted octanol–water partition coefficient (Wildman–Crippen LogP) is 3.93. The maximum atomic E-state index is 4.51. The second-order valence-electron chi connectivity index (χ2n) is 6.29. The summed E-state index contributed by atoms with van der Waals surface area (Å²) >= 11 is 0. The van der Waals surface area contributed by atoms with Crippen molar-refractivity contribution in [1.29, 1.82) is 0 Å². The first-order valence-electron chi connectivity index (χ1n) is 7.97. The van der Waals surface area contributed by atoms with Crippen LogP contribution in [0.5, 0.6) is 0 Å². The van der Waals surface area contributed by atoms with E-state index in [1.54, 1.807) is 0 Å². The average molecular weight is 266 g/mol. The van der Waals surface area contributed by atoms with Crippen molar-refractivity contribution in [1.82, 2.24) is 10.3 Å². The zero-order chi connectivity index (χ0) is 13.5. The first-order chi connectivity index (χ1) is 9.90. The first-order valence-corrected chi connectivity index (χ1v) is 7.97. The van der Waals surface area contributed by atoms with Crippen LogP contribution in [-0.4, -0.2) is 11.5 Å². The van der Waals surface area contributed by atoms with Crippen LogP contribution < -0.4 is 5.32 Å². The zero-order valence-corrected chi connectivity index (χ0v) is 12.0. The summed E-state index contributed by atoms with van der Waals surface area (Å²) in [6, 6.07) is 11.4. The van der Waals surface area contributed by atoms with E-state index in [2.05, 4.69) is 47.6 Å². The van der Waals surface area contributed by atoms with E-state index >= 15 is 0 Å². The summed E-state index contributed by atoms with van der Waals surface area (Å²) < 4.78 is 0. The van der Waals surface area contributed by atoms with E-state index in [1.807, 2.05) is 6.20 Å². The summed E-state index contributed by atoms with van der Waals surface area (Å²) in [7, 11) is 0. The van der Waals surface area contributed by atoms with Crippen molar-refractivity contribution < 1.29 is 0 Å². The highest BCUT2D eigenvalue weighted by atomic mass is 14.9. The number of nitrogens with one attached hydrogen (secondary N) is 1. The van der Waals surface area contributed by atoms with Gasteiger partial charge >= 0.3 is 0 Å². The van der Waals surface area contributed by atoms with Crippen molar-refractivity contribution >= 4 is 10.9 Å². The van der Waals surface area contributed by atoms with E-state index in [-0.39, 0.29) is 0 Å². The summed E-state index contributed by atoms with van der Waals surface area (Å²) in [5.74, 6) is 2.81. The molecule has 1 heterocycles. The van der Waals surface area contributed by atoms with Crippen molar-refractivity contribution in [2.45, 2.75) is 32.2 Å². The van der Waals surface area contributed by atoms with Crippen LogP contribution >= 0.6 is 0 Å². The number of rotatable bonds is 4. The van der Waals surface area contributed by atoms with Gasteiger partial charge in [0.05, 0.1) is 5.52 Å². The third-order valence-electron chi connectivity index (χ3n) is 5.30. The van der Waals surface area contributed by atoms with Crippen molar-refractivity contribution in [3.63, 3.8) is 0 Å². The first kappa shape index (κ1) is 12.3. The van der Waals surface area contributed by atoms with Crippen molar-refractivity contribution in [2.75, 3.05) is 6.54 Å². The monoisotopic (exact) mass is 266 g/mol. The van der Waals surface area contributed by atoms with E-state index in [9.17, 15) is 0 Å². The van der Waals surface area contributed by atoms with E-state index in [0.717, 1.165) is 29.8 Å². The lowest BCUT2D eigenvalue weighted by Crippen LogP contribution is -2.24. The molecule has 0 spiro atoms. The lowest BCUT2D eigenvalue weighted by Gasteiger charge is -2.22. The van der Waals surface area contributed by atoms with Gasteiger partial charge in [-0.3, -0.25) is 4.98 Å². The van der Waals surface area contributed by atoms with Gasteiger partial charge in [-0.1, -0.05) is 31.5 Å². The van der Waals surface area contributed by atoms with Crippen molar-refractivity contribution in [3.8, 4) is 0 Å². The summed E-state index contributed by atoms with van der Waals surface area (Å²) in [5.41, 5.74) is 2.58. The highest BCUT2D eigenvalue weighted by Crippen LogP contribution is 2.62. The number of hydrogen-bond donors (Lipinski definition) is 1. The van der Waals surface area contributed by atoms with Gasteiger partial charge in [-0.05, 0) is 54.8 Å². The van der Waals surface area contributed by atoms with Crippen LogP contribution in [0.15, 0.2) is 36.5 Å². The van der Waals surface area contributed by atoms with Crippen molar-refractivity contribution in [2.24, 2.45) is 17.8 Å². The van der Waals surface area contributed by atoms with Crippen LogP contribution in [0.3, 0.4) is 0 Å². The number of fused-ring (bicyclic) bond motifs is 2. The largest absolute Gasteiger partial charge is 0.310 e. The molecule has 0 saturated heterocycles. The van der Waals surface area contributed by atoms with Crippen LogP contribution in [0.2, 0.25) is 0 Å². The Kier molecular flexibility index (Phi) is 2.99. The second kappa shape index (κ2) is 4.85. The molecular formula is C18H22N2. The lowest BCUT2D eigenvalue weighted by molar-refractivity contribution is 0.428. The summed E-state index contributed by atoms with van der Waals surface area (Å²) in [6.07, 6.45) is 6.22. The topological polar surface area (TPSA) is 24.9 Å². The van der Waals surface area contributed by atoms with E-state index < -0.39 is 0 Å². The molecule has 20 heavy (non-hydrogen) atoms. The van der Waals surface area contributed by atoms with Crippen LogP contribution in [0.25, 0.3) is 10.9 Å². The van der Waals surface area contributed by atoms with Gasteiger partial charge in [-0.25, -0.2) is 0 Å². The highest BCUT2D eigenvalue weighted by Gasteiger charge is 2.56. The summed E-state index contributed by atoms with van der Waals surface area (Å²) in [5, 5.41) is 5.08. The molecule has 2 nitrogen and oxygen atoms in total. The lowest BCUT2D eigenvalue weighted by atomic mass is 9.94. The minimum atomic E-state index is 0.517. The molecule has 2 saturated carbocycles. The van der Waals surface area contributed by atoms with E-state index in [1.165, 1.54) is 30.2 Å². The minimum Gasteiger partial charge on any atom is -0.310 e. The van der Waals surface area contributed by atoms with Gasteiger partial charge in [0.2, 0.25) is 0 Å². The number of hydrogen-bond acceptors (Lipinski definition) is 2. The van der Waals surface area contributed by atoms with Crippen molar-refractivity contribution in [3.05, 3.63) is 42.1 Å². The Bertz CT molecular complexity index is 606. The maximum Gasteiger partial charge on any atom is 0.0705 e. The number of nitrogens with zero attached hydrogens (tertiary/aromatic N) is 1. The smallest absolute Gasteiger partial charge is 0.0705 e. The fraction of sp³-hybridized carbons (Fsp3) is 0.500. The molecule has 4 rings (SSSR count). The van der Waals surface area contributed by atoms with Crippen LogP contribution in [0.1, 0.15) is 37.8 Å². The Hall–Kier alpha value is -1.41. The fourth-order valence-corrected chi connectivity index (χ4v) is 4.44. The van der Waals surface area contributed by atoms with Gasteiger partial charge in [0, 0.05) is 17.6 Å². The molecule has 2 aliphatic rings. The molecule has 3 atom stereocenters. The highest BCUT2D eigenvalue weighted by molar-refractivity contribution is 5.82. The standard InChI is InChI=1S/C18H22N2/c1-2-19-18(17-13-6-3-7-14(13)17)15-8-4-10-16-12(15)9-5-11-20-16/h4-5,8-11,13-14,17-19H,2-3,6-7H2,1H3. The van der Waals surface area contributed by atoms with Crippen LogP contribution in [-0.2, 0) is 0 Å². The summed E-state index contributed by atoms with van der Waals surface area (Å²) in [4.78, 5) is 4.51. The molecule has 2 heteroatoms. The maximum absolute atomic E-state index is 4.51. The molecule has 2 aliphatic carbocycles. The summed E-state index contributed by atoms with van der Waals surface area (Å²) in [6.45, 7) is 3.26. The molecule has 1 aromatic carbocycles. The molecule has 3 unspecified atom stereocenters. The molecule has 0 radical (unpaired) electrons. The molecule has 2 fully saturated rings. The number of aromatic nitrogens is 1. The number of benzene rings is 1. The zero-order valence-electron chi connectivity index (χ0n) is 12.0. The average Bonchev–Trinajstić information content (AvgIpc) is 2.95. The molecule has 2 aromatic rings. The Balaban J connectivity index is 1.75. The van der Waals surface area contributed by atoms with Gasteiger partial charge in [0.25, 0.3) is 0 Å². The third-order valence-corrected chi connectivity index (χ3v) is 5.30.